The normalized spacial score (nSPS) is 12.5. The number of nitrogens with zero attached hydrogens (tertiary/aromatic N) is 4. The summed E-state index contributed by atoms with van der Waals surface area (Å²) >= 11 is 0. The SMILES string of the molecule is CC(C)[C@@H](Cn1cncn1)NC(=O)c1cc(-c2ccco2)[nH]n1. The van der Waals surface area contributed by atoms with E-state index in [4.69, 9.17) is 4.42 Å². The first-order valence-electron chi connectivity index (χ1n) is 7.36. The molecule has 3 heterocycles. The molecule has 3 rings (SSSR count). The number of nitrogens with one attached hydrogen (secondary N) is 2. The topological polar surface area (TPSA) is 102 Å². The number of amides is 1. The zero-order chi connectivity index (χ0) is 16.2. The monoisotopic (exact) mass is 314 g/mol. The van der Waals surface area contributed by atoms with Crippen molar-refractivity contribution >= 4 is 5.91 Å². The van der Waals surface area contributed by atoms with Crippen LogP contribution in [0, 0.1) is 5.92 Å². The molecule has 0 fully saturated rings. The minimum absolute atomic E-state index is 0.0760. The molecule has 0 spiro atoms. The molecule has 0 aliphatic carbocycles. The Morgan fingerprint density at radius 3 is 3.00 bits per heavy atom. The molecule has 3 aromatic rings. The second-order valence-electron chi connectivity index (χ2n) is 5.59. The van der Waals surface area contributed by atoms with Crippen molar-refractivity contribution in [1.29, 1.82) is 0 Å². The van der Waals surface area contributed by atoms with Crippen LogP contribution in [-0.2, 0) is 6.54 Å². The van der Waals surface area contributed by atoms with Gasteiger partial charge in [-0.2, -0.15) is 10.2 Å². The molecule has 8 heteroatoms. The summed E-state index contributed by atoms with van der Waals surface area (Å²) < 4.78 is 6.98. The van der Waals surface area contributed by atoms with Gasteiger partial charge in [-0.3, -0.25) is 14.6 Å². The van der Waals surface area contributed by atoms with Crippen LogP contribution in [0.5, 0.6) is 0 Å². The van der Waals surface area contributed by atoms with Gasteiger partial charge in [0.1, 0.15) is 18.3 Å². The first-order chi connectivity index (χ1) is 11.1. The molecule has 3 aromatic heterocycles. The summed E-state index contributed by atoms with van der Waals surface area (Å²) in [5, 5.41) is 13.9. The Bertz CT molecular complexity index is 745. The molecule has 0 bridgehead atoms. The van der Waals surface area contributed by atoms with E-state index in [1.165, 1.54) is 6.33 Å². The zero-order valence-corrected chi connectivity index (χ0v) is 12.9. The van der Waals surface area contributed by atoms with Gasteiger partial charge in [-0.1, -0.05) is 13.8 Å². The average molecular weight is 314 g/mol. The number of carbonyl (C=O) groups is 1. The third-order valence-electron chi connectivity index (χ3n) is 3.57. The minimum atomic E-state index is -0.238. The first kappa shape index (κ1) is 15.0. The van der Waals surface area contributed by atoms with E-state index in [9.17, 15) is 4.79 Å². The maximum atomic E-state index is 12.4. The third kappa shape index (κ3) is 3.47. The molecule has 2 N–H and O–H groups in total. The average Bonchev–Trinajstić information content (AvgIpc) is 3.27. The Kier molecular flexibility index (Phi) is 4.22. The molecule has 1 amide bonds. The minimum Gasteiger partial charge on any atom is -0.463 e. The Hall–Kier alpha value is -2.90. The molecule has 1 atom stereocenters. The van der Waals surface area contributed by atoms with Crippen LogP contribution in [-0.4, -0.2) is 36.9 Å². The van der Waals surface area contributed by atoms with Gasteiger partial charge in [-0.25, -0.2) is 4.98 Å². The largest absolute Gasteiger partial charge is 0.463 e. The molecule has 0 aliphatic rings. The quantitative estimate of drug-likeness (QED) is 0.721. The van der Waals surface area contributed by atoms with Crippen LogP contribution in [0.3, 0.4) is 0 Å². The van der Waals surface area contributed by atoms with E-state index in [1.54, 1.807) is 35.5 Å². The molecule has 120 valence electrons. The highest BCUT2D eigenvalue weighted by molar-refractivity contribution is 5.93. The Balaban J connectivity index is 1.69. The van der Waals surface area contributed by atoms with Crippen molar-refractivity contribution in [2.45, 2.75) is 26.4 Å². The van der Waals surface area contributed by atoms with Crippen LogP contribution in [0.2, 0.25) is 0 Å². The van der Waals surface area contributed by atoms with Crippen molar-refractivity contribution in [2.24, 2.45) is 5.92 Å². The van der Waals surface area contributed by atoms with Crippen LogP contribution >= 0.6 is 0 Å². The standard InChI is InChI=1S/C15H18N6O2/c1-10(2)13(7-21-9-16-8-17-21)18-15(22)12-6-11(19-20-12)14-4-3-5-23-14/h3-6,8-10,13H,7H2,1-2H3,(H,18,22)(H,19,20)/t13-/m1/s1. The summed E-state index contributed by atoms with van der Waals surface area (Å²) in [5.41, 5.74) is 0.984. The molecular formula is C15H18N6O2. The fourth-order valence-electron chi connectivity index (χ4n) is 2.19. The van der Waals surface area contributed by atoms with Crippen LogP contribution in [0.25, 0.3) is 11.5 Å². The van der Waals surface area contributed by atoms with Gasteiger partial charge in [-0.15, -0.1) is 0 Å². The van der Waals surface area contributed by atoms with E-state index in [1.807, 2.05) is 13.8 Å². The van der Waals surface area contributed by atoms with E-state index in [0.717, 1.165) is 0 Å². The van der Waals surface area contributed by atoms with E-state index in [-0.39, 0.29) is 17.9 Å². The van der Waals surface area contributed by atoms with Gasteiger partial charge in [0.15, 0.2) is 11.5 Å². The number of hydrogen-bond acceptors (Lipinski definition) is 5. The lowest BCUT2D eigenvalue weighted by atomic mass is 10.0. The van der Waals surface area contributed by atoms with Crippen LogP contribution in [0.1, 0.15) is 24.3 Å². The van der Waals surface area contributed by atoms with Crippen LogP contribution < -0.4 is 5.32 Å². The molecule has 0 aromatic carbocycles. The van der Waals surface area contributed by atoms with Crippen LogP contribution in [0.15, 0.2) is 41.5 Å². The predicted octanol–water partition coefficient (Wildman–Crippen LogP) is 1.72. The van der Waals surface area contributed by atoms with E-state index >= 15 is 0 Å². The fraction of sp³-hybridized carbons (Fsp3) is 0.333. The maximum absolute atomic E-state index is 12.4. The lowest BCUT2D eigenvalue weighted by Crippen LogP contribution is -2.41. The molecular weight excluding hydrogens is 296 g/mol. The summed E-state index contributed by atoms with van der Waals surface area (Å²) in [5.74, 6) is 0.643. The number of rotatable bonds is 6. The van der Waals surface area contributed by atoms with Gasteiger partial charge in [0, 0.05) is 6.07 Å². The van der Waals surface area contributed by atoms with Crippen LogP contribution in [0.4, 0.5) is 0 Å². The number of H-pyrrole nitrogens is 1. The van der Waals surface area contributed by atoms with E-state index in [2.05, 4.69) is 25.6 Å². The summed E-state index contributed by atoms with van der Waals surface area (Å²) in [6.45, 7) is 4.64. The van der Waals surface area contributed by atoms with Gasteiger partial charge in [0.2, 0.25) is 0 Å². The summed E-state index contributed by atoms with van der Waals surface area (Å²) in [4.78, 5) is 16.3. The highest BCUT2D eigenvalue weighted by Crippen LogP contribution is 2.18. The zero-order valence-electron chi connectivity index (χ0n) is 12.9. The summed E-state index contributed by atoms with van der Waals surface area (Å²) in [7, 11) is 0. The van der Waals surface area contributed by atoms with Gasteiger partial charge < -0.3 is 9.73 Å². The molecule has 0 saturated carbocycles. The van der Waals surface area contributed by atoms with Crippen molar-refractivity contribution in [2.75, 3.05) is 0 Å². The van der Waals surface area contributed by atoms with Gasteiger partial charge in [0.05, 0.1) is 18.8 Å². The van der Waals surface area contributed by atoms with Crippen molar-refractivity contribution < 1.29 is 9.21 Å². The smallest absolute Gasteiger partial charge is 0.272 e. The number of carbonyl (C=O) groups excluding carboxylic acids is 1. The van der Waals surface area contributed by atoms with Crippen molar-refractivity contribution in [3.8, 4) is 11.5 Å². The molecule has 0 saturated heterocycles. The lowest BCUT2D eigenvalue weighted by molar-refractivity contribution is 0.0914. The molecule has 8 nitrogen and oxygen atoms in total. The number of hydrogen-bond donors (Lipinski definition) is 2. The Morgan fingerprint density at radius 2 is 2.35 bits per heavy atom. The molecule has 0 aliphatic heterocycles. The summed E-state index contributed by atoms with van der Waals surface area (Å²) in [6.07, 6.45) is 4.68. The lowest BCUT2D eigenvalue weighted by Gasteiger charge is -2.21. The van der Waals surface area contributed by atoms with Gasteiger partial charge in [-0.05, 0) is 18.1 Å². The van der Waals surface area contributed by atoms with Crippen molar-refractivity contribution in [3.63, 3.8) is 0 Å². The predicted molar refractivity (Wildman–Crippen MR) is 82.4 cm³/mol. The van der Waals surface area contributed by atoms with E-state index in [0.29, 0.717) is 23.7 Å². The third-order valence-corrected chi connectivity index (χ3v) is 3.57. The Morgan fingerprint density at radius 1 is 1.48 bits per heavy atom. The molecule has 0 unspecified atom stereocenters. The number of aromatic nitrogens is 5. The highest BCUT2D eigenvalue weighted by Gasteiger charge is 2.20. The second-order valence-corrected chi connectivity index (χ2v) is 5.59. The fourth-order valence-corrected chi connectivity index (χ4v) is 2.19. The van der Waals surface area contributed by atoms with Crippen molar-refractivity contribution in [1.82, 2.24) is 30.3 Å². The second kappa shape index (κ2) is 6.47. The molecule has 0 radical (unpaired) electrons. The maximum Gasteiger partial charge on any atom is 0.272 e. The summed E-state index contributed by atoms with van der Waals surface area (Å²) in [6, 6.07) is 5.17. The molecule has 23 heavy (non-hydrogen) atoms. The van der Waals surface area contributed by atoms with E-state index < -0.39 is 0 Å². The van der Waals surface area contributed by atoms with Gasteiger partial charge in [0.25, 0.3) is 5.91 Å². The first-order valence-corrected chi connectivity index (χ1v) is 7.36. The van der Waals surface area contributed by atoms with Gasteiger partial charge >= 0.3 is 0 Å². The highest BCUT2D eigenvalue weighted by atomic mass is 16.3. The number of aromatic amines is 1. The number of furan rings is 1. The van der Waals surface area contributed by atoms with Crippen molar-refractivity contribution in [3.05, 3.63) is 42.8 Å². The Labute approximate surface area is 132 Å².